The van der Waals surface area contributed by atoms with Gasteiger partial charge >= 0.3 is 0 Å². The molecule has 0 saturated heterocycles. The van der Waals surface area contributed by atoms with Crippen LogP contribution in [-0.4, -0.2) is 17.4 Å². The van der Waals surface area contributed by atoms with E-state index in [2.05, 4.69) is 10.3 Å². The normalized spacial score (nSPS) is 10.1. The Morgan fingerprint density at radius 1 is 1.30 bits per heavy atom. The molecule has 0 radical (unpaired) electrons. The minimum absolute atomic E-state index is 0.216. The Morgan fingerprint density at radius 2 is 2.05 bits per heavy atom. The summed E-state index contributed by atoms with van der Waals surface area (Å²) in [5.74, 6) is 1.02. The molecule has 0 spiro atoms. The lowest BCUT2D eigenvalue weighted by Crippen LogP contribution is -2.23. The van der Waals surface area contributed by atoms with Crippen molar-refractivity contribution in [1.82, 2.24) is 10.3 Å². The molecular formula is C15H17N3O2. The molecule has 0 aliphatic rings. The molecule has 5 nitrogen and oxygen atoms in total. The Kier molecular flexibility index (Phi) is 4.20. The number of rotatable bonds is 4. The molecule has 104 valence electrons. The highest BCUT2D eigenvalue weighted by atomic mass is 16.5. The van der Waals surface area contributed by atoms with Crippen LogP contribution in [0.4, 0.5) is 5.69 Å². The average Bonchev–Trinajstić information content (AvgIpc) is 2.43. The fraction of sp³-hybridized carbons (Fsp3) is 0.200. The molecule has 0 bridgehead atoms. The molecule has 0 aliphatic carbocycles. The average molecular weight is 271 g/mol. The molecule has 20 heavy (non-hydrogen) atoms. The van der Waals surface area contributed by atoms with Crippen LogP contribution in [-0.2, 0) is 0 Å². The number of hydrogen-bond donors (Lipinski definition) is 2. The van der Waals surface area contributed by atoms with Gasteiger partial charge in [0, 0.05) is 24.5 Å². The van der Waals surface area contributed by atoms with Gasteiger partial charge in [-0.2, -0.15) is 0 Å². The molecule has 0 aliphatic heterocycles. The first-order chi connectivity index (χ1) is 9.60. The molecule has 1 amide bonds. The highest BCUT2D eigenvalue weighted by Gasteiger charge is 2.08. The molecule has 0 unspecified atom stereocenters. The van der Waals surface area contributed by atoms with E-state index in [4.69, 9.17) is 10.5 Å². The summed E-state index contributed by atoms with van der Waals surface area (Å²) in [6.07, 6.45) is 1.55. The van der Waals surface area contributed by atoms with Crippen LogP contribution in [0.1, 0.15) is 23.0 Å². The van der Waals surface area contributed by atoms with Crippen molar-refractivity contribution in [2.75, 3.05) is 12.3 Å². The second kappa shape index (κ2) is 6.06. The summed E-state index contributed by atoms with van der Waals surface area (Å²) in [5, 5.41) is 2.70. The van der Waals surface area contributed by atoms with Crippen molar-refractivity contribution in [3.05, 3.63) is 47.8 Å². The van der Waals surface area contributed by atoms with Gasteiger partial charge in [-0.25, -0.2) is 0 Å². The SMILES string of the molecule is CCNC(=O)c1cc(Oc2ccc(N)c(C)c2)ccn1. The first-order valence-corrected chi connectivity index (χ1v) is 6.38. The van der Waals surface area contributed by atoms with Gasteiger partial charge in [-0.05, 0) is 43.7 Å². The van der Waals surface area contributed by atoms with E-state index >= 15 is 0 Å². The van der Waals surface area contributed by atoms with Gasteiger partial charge in [0.15, 0.2) is 0 Å². The van der Waals surface area contributed by atoms with Crippen molar-refractivity contribution in [1.29, 1.82) is 0 Å². The third-order valence-corrected chi connectivity index (χ3v) is 2.78. The van der Waals surface area contributed by atoms with Crippen molar-refractivity contribution >= 4 is 11.6 Å². The standard InChI is InChI=1S/C15H17N3O2/c1-3-17-15(19)14-9-12(6-7-18-14)20-11-4-5-13(16)10(2)8-11/h4-9H,3,16H2,1-2H3,(H,17,19). The highest BCUT2D eigenvalue weighted by Crippen LogP contribution is 2.24. The van der Waals surface area contributed by atoms with Crippen molar-refractivity contribution in [3.63, 3.8) is 0 Å². The molecule has 0 saturated carbocycles. The summed E-state index contributed by atoms with van der Waals surface area (Å²) in [7, 11) is 0. The van der Waals surface area contributed by atoms with E-state index in [1.54, 1.807) is 30.5 Å². The second-order valence-electron chi connectivity index (χ2n) is 4.36. The van der Waals surface area contributed by atoms with Crippen LogP contribution in [0, 0.1) is 6.92 Å². The topological polar surface area (TPSA) is 77.2 Å². The number of hydrogen-bond acceptors (Lipinski definition) is 4. The lowest BCUT2D eigenvalue weighted by Gasteiger charge is -2.08. The van der Waals surface area contributed by atoms with Crippen LogP contribution < -0.4 is 15.8 Å². The van der Waals surface area contributed by atoms with Gasteiger partial charge in [0.05, 0.1) is 0 Å². The van der Waals surface area contributed by atoms with Gasteiger partial charge in [0.25, 0.3) is 5.91 Å². The third kappa shape index (κ3) is 3.26. The zero-order valence-electron chi connectivity index (χ0n) is 11.5. The number of pyridine rings is 1. The van der Waals surface area contributed by atoms with Crippen molar-refractivity contribution < 1.29 is 9.53 Å². The number of nitrogens with two attached hydrogens (primary N) is 1. The van der Waals surface area contributed by atoms with Crippen LogP contribution >= 0.6 is 0 Å². The number of carbonyl (C=O) groups excluding carboxylic acids is 1. The van der Waals surface area contributed by atoms with Gasteiger partial charge in [0.2, 0.25) is 0 Å². The van der Waals surface area contributed by atoms with E-state index in [1.807, 2.05) is 19.9 Å². The minimum atomic E-state index is -0.216. The number of amides is 1. The summed E-state index contributed by atoms with van der Waals surface area (Å²) in [5.41, 5.74) is 7.75. The largest absolute Gasteiger partial charge is 0.457 e. The molecule has 1 aromatic carbocycles. The smallest absolute Gasteiger partial charge is 0.270 e. The molecule has 5 heteroatoms. The minimum Gasteiger partial charge on any atom is -0.457 e. The number of aryl methyl sites for hydroxylation is 1. The first-order valence-electron chi connectivity index (χ1n) is 6.38. The summed E-state index contributed by atoms with van der Waals surface area (Å²) in [6.45, 7) is 4.33. The molecule has 2 aromatic rings. The zero-order chi connectivity index (χ0) is 14.5. The maximum Gasteiger partial charge on any atom is 0.270 e. The molecule has 1 heterocycles. The number of nitrogen functional groups attached to an aromatic ring is 1. The summed E-state index contributed by atoms with van der Waals surface area (Å²) in [4.78, 5) is 15.7. The molecular weight excluding hydrogens is 254 g/mol. The zero-order valence-corrected chi connectivity index (χ0v) is 11.5. The van der Waals surface area contributed by atoms with Gasteiger partial charge in [-0.1, -0.05) is 0 Å². The Balaban J connectivity index is 2.19. The third-order valence-electron chi connectivity index (χ3n) is 2.78. The number of aromatic nitrogens is 1. The lowest BCUT2D eigenvalue weighted by molar-refractivity contribution is 0.0950. The number of benzene rings is 1. The van der Waals surface area contributed by atoms with Crippen molar-refractivity contribution in [2.45, 2.75) is 13.8 Å². The fourth-order valence-corrected chi connectivity index (χ4v) is 1.70. The van der Waals surface area contributed by atoms with E-state index in [1.165, 1.54) is 0 Å². The number of ether oxygens (including phenoxy) is 1. The van der Waals surface area contributed by atoms with E-state index in [9.17, 15) is 4.79 Å². The van der Waals surface area contributed by atoms with E-state index in [0.29, 0.717) is 23.7 Å². The number of nitrogens with one attached hydrogen (secondary N) is 1. The molecule has 1 aromatic heterocycles. The quantitative estimate of drug-likeness (QED) is 0.838. The van der Waals surface area contributed by atoms with Gasteiger partial charge in [-0.3, -0.25) is 9.78 Å². The predicted octanol–water partition coefficient (Wildman–Crippen LogP) is 2.51. The monoisotopic (exact) mass is 271 g/mol. The maximum atomic E-state index is 11.7. The van der Waals surface area contributed by atoms with Gasteiger partial charge in [0.1, 0.15) is 17.2 Å². The second-order valence-corrected chi connectivity index (χ2v) is 4.36. The number of nitrogens with zero attached hydrogens (tertiary/aromatic N) is 1. The Hall–Kier alpha value is -2.56. The molecule has 3 N–H and O–H groups in total. The number of anilines is 1. The first kappa shape index (κ1) is 13.9. The maximum absolute atomic E-state index is 11.7. The lowest BCUT2D eigenvalue weighted by atomic mass is 10.2. The van der Waals surface area contributed by atoms with E-state index in [0.717, 1.165) is 11.3 Å². The summed E-state index contributed by atoms with van der Waals surface area (Å²) < 4.78 is 5.71. The number of carbonyl (C=O) groups is 1. The van der Waals surface area contributed by atoms with E-state index in [-0.39, 0.29) is 5.91 Å². The van der Waals surface area contributed by atoms with Crippen LogP contribution in [0.3, 0.4) is 0 Å². The summed E-state index contributed by atoms with van der Waals surface area (Å²) in [6, 6.07) is 8.73. The van der Waals surface area contributed by atoms with Crippen molar-refractivity contribution in [3.8, 4) is 11.5 Å². The van der Waals surface area contributed by atoms with Gasteiger partial charge < -0.3 is 15.8 Å². The van der Waals surface area contributed by atoms with Gasteiger partial charge in [-0.15, -0.1) is 0 Å². The van der Waals surface area contributed by atoms with Crippen LogP contribution in [0.15, 0.2) is 36.5 Å². The Morgan fingerprint density at radius 3 is 2.75 bits per heavy atom. The van der Waals surface area contributed by atoms with Crippen molar-refractivity contribution in [2.24, 2.45) is 0 Å². The molecule has 0 fully saturated rings. The summed E-state index contributed by atoms with van der Waals surface area (Å²) >= 11 is 0. The fourth-order valence-electron chi connectivity index (χ4n) is 1.70. The Bertz CT molecular complexity index is 626. The highest BCUT2D eigenvalue weighted by molar-refractivity contribution is 5.92. The van der Waals surface area contributed by atoms with Crippen LogP contribution in [0.2, 0.25) is 0 Å². The Labute approximate surface area is 117 Å². The van der Waals surface area contributed by atoms with E-state index < -0.39 is 0 Å². The molecule has 0 atom stereocenters. The van der Waals surface area contributed by atoms with Crippen LogP contribution in [0.5, 0.6) is 11.5 Å². The van der Waals surface area contributed by atoms with Crippen LogP contribution in [0.25, 0.3) is 0 Å². The molecule has 2 rings (SSSR count). The predicted molar refractivity (Wildman–Crippen MR) is 77.9 cm³/mol.